The Labute approximate surface area is 192 Å². The molecule has 0 spiro atoms. The van der Waals surface area contributed by atoms with E-state index in [0.717, 1.165) is 54.3 Å². The van der Waals surface area contributed by atoms with Gasteiger partial charge in [-0.3, -0.25) is 4.79 Å². The molecule has 9 atom stereocenters. The lowest BCUT2D eigenvalue weighted by atomic mass is 9.44. The smallest absolute Gasteiger partial charge is 0.302 e. The van der Waals surface area contributed by atoms with Gasteiger partial charge in [0.2, 0.25) is 0 Å². The minimum atomic E-state index is -0.0877. The van der Waals surface area contributed by atoms with Crippen LogP contribution in [-0.2, 0) is 9.53 Å². The molecule has 6 unspecified atom stereocenters. The molecule has 0 aromatic carbocycles. The van der Waals surface area contributed by atoms with Crippen molar-refractivity contribution in [2.24, 2.45) is 52.3 Å². The Morgan fingerprint density at radius 3 is 2.32 bits per heavy atom. The van der Waals surface area contributed by atoms with E-state index in [1.807, 2.05) is 0 Å². The summed E-state index contributed by atoms with van der Waals surface area (Å²) >= 11 is 0. The van der Waals surface area contributed by atoms with Gasteiger partial charge in [-0.05, 0) is 110 Å². The van der Waals surface area contributed by atoms with Crippen LogP contribution in [0.15, 0.2) is 0 Å². The quantitative estimate of drug-likeness (QED) is 0.398. The summed E-state index contributed by atoms with van der Waals surface area (Å²) < 4.78 is 5.65. The lowest BCUT2D eigenvalue weighted by Gasteiger charge is -2.61. The SMILES string of the molecule is CC(=O)OC1CC[C@@]2(C)C(CCC3C2CC[C@@]2(C)C3CCC2[C@H](C)CCCC(C)C)C1. The Morgan fingerprint density at radius 2 is 1.61 bits per heavy atom. The molecule has 0 aromatic heterocycles. The molecule has 4 aliphatic rings. The van der Waals surface area contributed by atoms with Gasteiger partial charge in [0.25, 0.3) is 0 Å². The van der Waals surface area contributed by atoms with Gasteiger partial charge in [-0.1, -0.05) is 53.9 Å². The van der Waals surface area contributed by atoms with Crippen LogP contribution in [0.5, 0.6) is 0 Å². The van der Waals surface area contributed by atoms with Crippen molar-refractivity contribution in [3.8, 4) is 0 Å². The second kappa shape index (κ2) is 9.02. The molecular weight excluding hydrogens is 380 g/mol. The number of esters is 1. The van der Waals surface area contributed by atoms with Gasteiger partial charge in [0.1, 0.15) is 6.10 Å². The van der Waals surface area contributed by atoms with Crippen molar-refractivity contribution >= 4 is 5.97 Å². The summed E-state index contributed by atoms with van der Waals surface area (Å²) in [5.74, 6) is 6.22. The number of carbonyl (C=O) groups excluding carboxylic acids is 1. The second-order valence-corrected chi connectivity index (χ2v) is 13.2. The van der Waals surface area contributed by atoms with Crippen molar-refractivity contribution in [3.05, 3.63) is 0 Å². The van der Waals surface area contributed by atoms with Crippen LogP contribution < -0.4 is 0 Å². The molecule has 2 nitrogen and oxygen atoms in total. The maximum absolute atomic E-state index is 11.5. The van der Waals surface area contributed by atoms with Gasteiger partial charge < -0.3 is 4.74 Å². The highest BCUT2D eigenvalue weighted by Gasteiger charge is 2.60. The summed E-state index contributed by atoms with van der Waals surface area (Å²) in [7, 11) is 0. The molecule has 31 heavy (non-hydrogen) atoms. The van der Waals surface area contributed by atoms with Crippen molar-refractivity contribution in [1.82, 2.24) is 0 Å². The Hall–Kier alpha value is -0.530. The van der Waals surface area contributed by atoms with Gasteiger partial charge >= 0.3 is 5.97 Å². The van der Waals surface area contributed by atoms with Gasteiger partial charge in [0.05, 0.1) is 0 Å². The van der Waals surface area contributed by atoms with E-state index in [9.17, 15) is 4.79 Å². The number of hydrogen-bond acceptors (Lipinski definition) is 2. The second-order valence-electron chi connectivity index (χ2n) is 13.2. The number of ether oxygens (including phenoxy) is 1. The maximum atomic E-state index is 11.5. The lowest BCUT2D eigenvalue weighted by molar-refractivity contribution is -0.160. The van der Waals surface area contributed by atoms with E-state index in [-0.39, 0.29) is 12.1 Å². The largest absolute Gasteiger partial charge is 0.463 e. The first-order valence-electron chi connectivity index (χ1n) is 13.8. The van der Waals surface area contributed by atoms with Crippen LogP contribution in [0.2, 0.25) is 0 Å². The lowest BCUT2D eigenvalue weighted by Crippen LogP contribution is -2.54. The number of carbonyl (C=O) groups is 1. The topological polar surface area (TPSA) is 26.3 Å². The summed E-state index contributed by atoms with van der Waals surface area (Å²) in [4.78, 5) is 11.5. The van der Waals surface area contributed by atoms with Gasteiger partial charge in [-0.2, -0.15) is 0 Å². The fourth-order valence-electron chi connectivity index (χ4n) is 9.59. The highest BCUT2D eigenvalue weighted by Crippen LogP contribution is 2.68. The van der Waals surface area contributed by atoms with Crippen LogP contribution in [0.4, 0.5) is 0 Å². The molecule has 2 heteroatoms. The van der Waals surface area contributed by atoms with E-state index in [0.29, 0.717) is 10.8 Å². The zero-order chi connectivity index (χ0) is 22.4. The van der Waals surface area contributed by atoms with Crippen LogP contribution in [0.3, 0.4) is 0 Å². The zero-order valence-electron chi connectivity index (χ0n) is 21.4. The molecule has 0 N–H and O–H groups in total. The first-order chi connectivity index (χ1) is 14.6. The van der Waals surface area contributed by atoms with Crippen molar-refractivity contribution in [1.29, 1.82) is 0 Å². The van der Waals surface area contributed by atoms with E-state index in [2.05, 4.69) is 34.6 Å². The third-order valence-electron chi connectivity index (χ3n) is 11.2. The van der Waals surface area contributed by atoms with E-state index in [1.165, 1.54) is 64.2 Å². The zero-order valence-corrected chi connectivity index (χ0v) is 21.4. The summed E-state index contributed by atoms with van der Waals surface area (Å²) in [5.41, 5.74) is 1.08. The molecule has 4 aliphatic carbocycles. The number of rotatable bonds is 6. The van der Waals surface area contributed by atoms with Crippen molar-refractivity contribution in [3.63, 3.8) is 0 Å². The fourth-order valence-corrected chi connectivity index (χ4v) is 9.59. The predicted octanol–water partition coefficient (Wildman–Crippen LogP) is 8.04. The normalized spacial score (nSPS) is 45.5. The van der Waals surface area contributed by atoms with Crippen molar-refractivity contribution in [2.75, 3.05) is 0 Å². The first kappa shape index (κ1) is 23.6. The highest BCUT2D eigenvalue weighted by atomic mass is 16.5. The summed E-state index contributed by atoms with van der Waals surface area (Å²) in [6.07, 6.45) is 16.6. The number of fused-ring (bicyclic) bond motifs is 5. The summed E-state index contributed by atoms with van der Waals surface area (Å²) in [6, 6.07) is 0. The van der Waals surface area contributed by atoms with Gasteiger partial charge in [-0.25, -0.2) is 0 Å². The maximum Gasteiger partial charge on any atom is 0.302 e. The Kier molecular flexibility index (Phi) is 6.87. The molecule has 0 radical (unpaired) electrons. The monoisotopic (exact) mass is 430 g/mol. The Morgan fingerprint density at radius 1 is 0.903 bits per heavy atom. The van der Waals surface area contributed by atoms with Crippen molar-refractivity contribution in [2.45, 2.75) is 125 Å². The van der Waals surface area contributed by atoms with Crippen LogP contribution in [0, 0.1) is 52.3 Å². The van der Waals surface area contributed by atoms with Gasteiger partial charge in [-0.15, -0.1) is 0 Å². The molecular formula is C29H50O2. The van der Waals surface area contributed by atoms with E-state index in [4.69, 9.17) is 4.74 Å². The molecule has 0 amide bonds. The standard InChI is InChI=1S/C29H50O2/c1-19(2)8-7-9-20(3)25-12-13-26-24-11-10-22-18-23(31-21(4)30)14-16-28(22,5)27(24)15-17-29(25,26)6/h19-20,22-27H,7-18H2,1-6H3/t20-,22?,23?,24?,25?,26?,27?,28+,29-/m1/s1. The first-order valence-corrected chi connectivity index (χ1v) is 13.8. The highest BCUT2D eigenvalue weighted by molar-refractivity contribution is 5.66. The molecule has 0 saturated heterocycles. The third-order valence-corrected chi connectivity index (χ3v) is 11.2. The van der Waals surface area contributed by atoms with E-state index >= 15 is 0 Å². The Balaban J connectivity index is 1.43. The van der Waals surface area contributed by atoms with Crippen LogP contribution in [0.25, 0.3) is 0 Å². The molecule has 178 valence electrons. The van der Waals surface area contributed by atoms with Gasteiger partial charge in [0.15, 0.2) is 0 Å². The fraction of sp³-hybridized carbons (Fsp3) is 0.966. The molecule has 4 saturated carbocycles. The summed E-state index contributed by atoms with van der Waals surface area (Å²) in [6.45, 7) is 14.2. The minimum Gasteiger partial charge on any atom is -0.463 e. The average molecular weight is 431 g/mol. The van der Waals surface area contributed by atoms with Crippen molar-refractivity contribution < 1.29 is 9.53 Å². The summed E-state index contributed by atoms with van der Waals surface area (Å²) in [5, 5.41) is 0. The molecule has 4 fully saturated rings. The number of hydrogen-bond donors (Lipinski definition) is 0. The molecule has 0 aromatic rings. The van der Waals surface area contributed by atoms with Crippen LogP contribution >= 0.6 is 0 Å². The Bertz CT molecular complexity index is 641. The third kappa shape index (κ3) is 4.35. The van der Waals surface area contributed by atoms with Crippen LogP contribution in [0.1, 0.15) is 119 Å². The van der Waals surface area contributed by atoms with E-state index < -0.39 is 0 Å². The minimum absolute atomic E-state index is 0.0877. The predicted molar refractivity (Wildman–Crippen MR) is 129 cm³/mol. The molecule has 0 aliphatic heterocycles. The van der Waals surface area contributed by atoms with E-state index in [1.54, 1.807) is 6.92 Å². The average Bonchev–Trinajstić information content (AvgIpc) is 3.05. The van der Waals surface area contributed by atoms with Gasteiger partial charge in [0, 0.05) is 6.92 Å². The molecule has 0 bridgehead atoms. The van der Waals surface area contributed by atoms with Crippen LogP contribution in [-0.4, -0.2) is 12.1 Å². The molecule has 0 heterocycles. The molecule has 4 rings (SSSR count).